The van der Waals surface area contributed by atoms with Gasteiger partial charge in [-0.15, -0.1) is 0 Å². The van der Waals surface area contributed by atoms with Gasteiger partial charge in [-0.3, -0.25) is 9.97 Å². The van der Waals surface area contributed by atoms with E-state index in [1.807, 2.05) is 91.3 Å². The van der Waals surface area contributed by atoms with Crippen molar-refractivity contribution in [1.29, 1.82) is 0 Å². The summed E-state index contributed by atoms with van der Waals surface area (Å²) >= 11 is 0. The Morgan fingerprint density at radius 1 is 0.375 bits per heavy atom. The van der Waals surface area contributed by atoms with Crippen molar-refractivity contribution in [2.75, 3.05) is 0 Å². The maximum Gasteiger partial charge on any atom is 0.164 e. The van der Waals surface area contributed by atoms with Crippen LogP contribution in [0.15, 0.2) is 140 Å². The zero-order chi connectivity index (χ0) is 26.7. The van der Waals surface area contributed by atoms with Crippen LogP contribution in [-0.2, 0) is 0 Å². The van der Waals surface area contributed by atoms with E-state index in [1.54, 1.807) is 6.20 Å². The molecule has 0 bridgehead atoms. The summed E-state index contributed by atoms with van der Waals surface area (Å²) in [6.45, 7) is 0. The monoisotopic (exact) mass is 513 g/mol. The van der Waals surface area contributed by atoms with Gasteiger partial charge in [0.1, 0.15) is 0 Å². The third kappa shape index (κ3) is 4.50. The molecule has 0 aliphatic heterocycles. The van der Waals surface area contributed by atoms with Gasteiger partial charge in [-0.25, -0.2) is 15.0 Å². The molecular formula is C35H23N5. The molecular weight excluding hydrogens is 490 g/mol. The largest absolute Gasteiger partial charge is 0.264 e. The number of nitrogens with zero attached hydrogens (tertiary/aromatic N) is 5. The number of hydrogen-bond donors (Lipinski definition) is 0. The molecule has 0 spiro atoms. The van der Waals surface area contributed by atoms with Crippen LogP contribution in [0.4, 0.5) is 0 Å². The Morgan fingerprint density at radius 3 is 1.55 bits per heavy atom. The summed E-state index contributed by atoms with van der Waals surface area (Å²) in [7, 11) is 0. The highest BCUT2D eigenvalue weighted by Crippen LogP contribution is 2.36. The standard InChI is InChI=1S/C35H23N5/c1-3-10-24(11-4-1)33-38-34(25-12-5-2-6-13-25)40-35(39-33)31-19-18-28(29-15-7-8-16-30(29)31)26-17-20-32(37-23-26)27-14-9-21-36-22-27/h1-23H. The van der Waals surface area contributed by atoms with Crippen molar-refractivity contribution in [2.45, 2.75) is 0 Å². The van der Waals surface area contributed by atoms with Gasteiger partial charge in [0.05, 0.1) is 5.69 Å². The molecule has 3 aromatic heterocycles. The minimum Gasteiger partial charge on any atom is -0.264 e. The molecule has 7 rings (SSSR count). The first-order valence-corrected chi connectivity index (χ1v) is 13.1. The van der Waals surface area contributed by atoms with Crippen LogP contribution in [0, 0.1) is 0 Å². The average molecular weight is 514 g/mol. The van der Waals surface area contributed by atoms with E-state index in [4.69, 9.17) is 19.9 Å². The molecule has 5 nitrogen and oxygen atoms in total. The van der Waals surface area contributed by atoms with Gasteiger partial charge < -0.3 is 0 Å². The number of aromatic nitrogens is 5. The number of benzene rings is 4. The van der Waals surface area contributed by atoms with E-state index < -0.39 is 0 Å². The fraction of sp³-hybridized carbons (Fsp3) is 0. The molecule has 40 heavy (non-hydrogen) atoms. The third-order valence-electron chi connectivity index (χ3n) is 6.90. The molecule has 0 amide bonds. The number of fused-ring (bicyclic) bond motifs is 1. The molecule has 5 heteroatoms. The Morgan fingerprint density at radius 2 is 0.950 bits per heavy atom. The highest BCUT2D eigenvalue weighted by molar-refractivity contribution is 6.04. The molecule has 0 aliphatic carbocycles. The quantitative estimate of drug-likeness (QED) is 0.232. The zero-order valence-electron chi connectivity index (χ0n) is 21.5. The molecule has 0 radical (unpaired) electrons. The van der Waals surface area contributed by atoms with Crippen LogP contribution < -0.4 is 0 Å². The molecule has 0 unspecified atom stereocenters. The first kappa shape index (κ1) is 23.6. The summed E-state index contributed by atoms with van der Waals surface area (Å²) in [4.78, 5) is 23.7. The van der Waals surface area contributed by atoms with Crippen molar-refractivity contribution >= 4 is 10.8 Å². The van der Waals surface area contributed by atoms with Crippen molar-refractivity contribution in [3.8, 4) is 56.5 Å². The summed E-state index contributed by atoms with van der Waals surface area (Å²) in [5, 5.41) is 2.18. The summed E-state index contributed by atoms with van der Waals surface area (Å²) in [6.07, 6.45) is 5.52. The van der Waals surface area contributed by atoms with Crippen LogP contribution in [0.5, 0.6) is 0 Å². The second-order valence-corrected chi connectivity index (χ2v) is 9.42. The Balaban J connectivity index is 1.37. The van der Waals surface area contributed by atoms with Crippen LogP contribution in [0.1, 0.15) is 0 Å². The van der Waals surface area contributed by atoms with E-state index in [0.29, 0.717) is 17.5 Å². The number of hydrogen-bond acceptors (Lipinski definition) is 5. The molecule has 188 valence electrons. The van der Waals surface area contributed by atoms with E-state index >= 15 is 0 Å². The van der Waals surface area contributed by atoms with Crippen molar-refractivity contribution in [1.82, 2.24) is 24.9 Å². The molecule has 0 N–H and O–H groups in total. The lowest BCUT2D eigenvalue weighted by atomic mass is 9.95. The number of pyridine rings is 2. The van der Waals surface area contributed by atoms with E-state index in [2.05, 4.69) is 47.4 Å². The van der Waals surface area contributed by atoms with Gasteiger partial charge in [0.25, 0.3) is 0 Å². The van der Waals surface area contributed by atoms with Crippen LogP contribution >= 0.6 is 0 Å². The Kier molecular flexibility index (Phi) is 6.07. The first-order valence-electron chi connectivity index (χ1n) is 13.1. The van der Waals surface area contributed by atoms with Crippen LogP contribution in [-0.4, -0.2) is 24.9 Å². The van der Waals surface area contributed by atoms with Crippen LogP contribution in [0.2, 0.25) is 0 Å². The minimum absolute atomic E-state index is 0.639. The maximum absolute atomic E-state index is 4.96. The van der Waals surface area contributed by atoms with E-state index in [-0.39, 0.29) is 0 Å². The minimum atomic E-state index is 0.639. The molecule has 4 aromatic carbocycles. The summed E-state index contributed by atoms with van der Waals surface area (Å²) in [6, 6.07) is 40.8. The molecule has 7 aromatic rings. The fourth-order valence-electron chi connectivity index (χ4n) is 4.91. The van der Waals surface area contributed by atoms with E-state index in [0.717, 1.165) is 49.8 Å². The second-order valence-electron chi connectivity index (χ2n) is 9.42. The highest BCUT2D eigenvalue weighted by atomic mass is 15.0. The van der Waals surface area contributed by atoms with Gasteiger partial charge in [-0.1, -0.05) is 97.1 Å². The average Bonchev–Trinajstić information content (AvgIpc) is 3.05. The molecule has 0 saturated heterocycles. The SMILES string of the molecule is c1ccc(-c2nc(-c3ccccc3)nc(-c3ccc(-c4ccc(-c5cccnc5)nc4)c4ccccc34)n2)cc1. The first-order chi connectivity index (χ1) is 19.8. The fourth-order valence-corrected chi connectivity index (χ4v) is 4.91. The van der Waals surface area contributed by atoms with Crippen LogP contribution in [0.25, 0.3) is 67.3 Å². The van der Waals surface area contributed by atoms with Gasteiger partial charge in [-0.2, -0.15) is 0 Å². The van der Waals surface area contributed by atoms with Crippen molar-refractivity contribution in [2.24, 2.45) is 0 Å². The maximum atomic E-state index is 4.96. The van der Waals surface area contributed by atoms with Gasteiger partial charge in [-0.05, 0) is 40.6 Å². The van der Waals surface area contributed by atoms with Gasteiger partial charge in [0, 0.05) is 46.4 Å². The smallest absolute Gasteiger partial charge is 0.164 e. The Hall–Kier alpha value is -5.55. The van der Waals surface area contributed by atoms with Gasteiger partial charge in [0.2, 0.25) is 0 Å². The zero-order valence-corrected chi connectivity index (χ0v) is 21.5. The summed E-state index contributed by atoms with van der Waals surface area (Å²) < 4.78 is 0. The van der Waals surface area contributed by atoms with Crippen molar-refractivity contribution in [3.05, 3.63) is 140 Å². The third-order valence-corrected chi connectivity index (χ3v) is 6.90. The molecule has 0 fully saturated rings. The lowest BCUT2D eigenvalue weighted by Crippen LogP contribution is -2.00. The van der Waals surface area contributed by atoms with Crippen LogP contribution in [0.3, 0.4) is 0 Å². The summed E-state index contributed by atoms with van der Waals surface area (Å²) in [5.74, 6) is 1.93. The predicted molar refractivity (Wildman–Crippen MR) is 160 cm³/mol. The lowest BCUT2D eigenvalue weighted by Gasteiger charge is -2.13. The lowest BCUT2D eigenvalue weighted by molar-refractivity contribution is 1.08. The molecule has 3 heterocycles. The van der Waals surface area contributed by atoms with Gasteiger partial charge >= 0.3 is 0 Å². The Bertz CT molecular complexity index is 1860. The Labute approximate surface area is 231 Å². The van der Waals surface area contributed by atoms with Crippen molar-refractivity contribution < 1.29 is 0 Å². The van der Waals surface area contributed by atoms with E-state index in [1.165, 1.54) is 0 Å². The predicted octanol–water partition coefficient (Wildman–Crippen LogP) is 8.15. The van der Waals surface area contributed by atoms with Crippen molar-refractivity contribution in [3.63, 3.8) is 0 Å². The topological polar surface area (TPSA) is 64.5 Å². The normalized spacial score (nSPS) is 11.0. The van der Waals surface area contributed by atoms with Gasteiger partial charge in [0.15, 0.2) is 17.5 Å². The summed E-state index contributed by atoms with van der Waals surface area (Å²) in [5.41, 5.74) is 6.88. The molecule has 0 atom stereocenters. The molecule has 0 aliphatic rings. The van der Waals surface area contributed by atoms with E-state index in [9.17, 15) is 0 Å². The molecule has 0 saturated carbocycles. The number of rotatable bonds is 5. The highest BCUT2D eigenvalue weighted by Gasteiger charge is 2.16. The second kappa shape index (κ2) is 10.3.